The van der Waals surface area contributed by atoms with Gasteiger partial charge in [-0.2, -0.15) is 0 Å². The number of hydrogen-bond donors (Lipinski definition) is 3. The molecule has 0 aliphatic carbocycles. The average molecular weight is 357 g/mol. The molecule has 0 aliphatic heterocycles. The first-order valence-electron chi connectivity index (χ1n) is 7.16. The molecule has 3 N–H and O–H groups in total. The molecule has 0 saturated carbocycles. The average Bonchev–Trinajstić information content (AvgIpc) is 2.54. The van der Waals surface area contributed by atoms with Crippen LogP contribution in [-0.4, -0.2) is 63.5 Å². The minimum absolute atomic E-state index is 0.0298. The lowest BCUT2D eigenvalue weighted by Crippen LogP contribution is -2.42. The molecule has 132 valence electrons. The molecule has 1 rings (SSSR count). The number of anilines is 1. The zero-order valence-electron chi connectivity index (χ0n) is 13.8. The minimum atomic E-state index is -0.391. The first kappa shape index (κ1) is 19.7. The predicted molar refractivity (Wildman–Crippen MR) is 91.2 cm³/mol. The van der Waals surface area contributed by atoms with Gasteiger partial charge in [-0.05, 0) is 18.2 Å². The van der Waals surface area contributed by atoms with E-state index in [1.165, 1.54) is 26.1 Å². The molecule has 0 spiro atoms. The summed E-state index contributed by atoms with van der Waals surface area (Å²) in [7, 11) is 4.48. The van der Waals surface area contributed by atoms with Crippen LogP contribution in [0.4, 0.5) is 5.69 Å². The predicted octanol–water partition coefficient (Wildman–Crippen LogP) is 0.0811. The van der Waals surface area contributed by atoms with E-state index in [2.05, 4.69) is 16.0 Å². The fourth-order valence-electron chi connectivity index (χ4n) is 1.78. The fourth-order valence-corrected chi connectivity index (χ4v) is 1.95. The number of methoxy groups -OCH3 is 1. The molecule has 1 aromatic rings. The van der Waals surface area contributed by atoms with Gasteiger partial charge in [-0.3, -0.25) is 19.7 Å². The first-order chi connectivity index (χ1) is 11.4. The van der Waals surface area contributed by atoms with Crippen LogP contribution in [0.15, 0.2) is 18.2 Å². The van der Waals surface area contributed by atoms with Crippen LogP contribution >= 0.6 is 11.6 Å². The Morgan fingerprint density at radius 2 is 1.92 bits per heavy atom. The highest BCUT2D eigenvalue weighted by molar-refractivity contribution is 6.31. The summed E-state index contributed by atoms with van der Waals surface area (Å²) in [5, 5.41) is 8.22. The van der Waals surface area contributed by atoms with Gasteiger partial charge in [0, 0.05) is 19.1 Å². The molecule has 24 heavy (non-hydrogen) atoms. The lowest BCUT2D eigenvalue weighted by molar-refractivity contribution is -0.132. The van der Waals surface area contributed by atoms with Crippen molar-refractivity contribution in [1.29, 1.82) is 0 Å². The second-order valence-corrected chi connectivity index (χ2v) is 5.36. The Morgan fingerprint density at radius 3 is 2.54 bits per heavy atom. The van der Waals surface area contributed by atoms with Crippen molar-refractivity contribution in [3.05, 3.63) is 23.2 Å². The number of halogens is 1. The summed E-state index contributed by atoms with van der Waals surface area (Å²) in [6, 6.07) is 4.84. The monoisotopic (exact) mass is 356 g/mol. The minimum Gasteiger partial charge on any atom is -0.495 e. The first-order valence-corrected chi connectivity index (χ1v) is 7.53. The molecule has 0 aromatic heterocycles. The third-order valence-electron chi connectivity index (χ3n) is 3.08. The maximum Gasteiger partial charge on any atom is 0.244 e. The molecule has 1 aromatic carbocycles. The largest absolute Gasteiger partial charge is 0.495 e. The zero-order valence-corrected chi connectivity index (χ0v) is 14.6. The molecule has 3 amide bonds. The van der Waals surface area contributed by atoms with E-state index in [4.69, 9.17) is 16.3 Å². The van der Waals surface area contributed by atoms with Gasteiger partial charge in [0.2, 0.25) is 17.7 Å². The van der Waals surface area contributed by atoms with Gasteiger partial charge in [0.25, 0.3) is 0 Å². The zero-order chi connectivity index (χ0) is 18.1. The van der Waals surface area contributed by atoms with E-state index in [0.29, 0.717) is 16.5 Å². The molecule has 0 saturated heterocycles. The molecule has 0 aliphatic rings. The molecule has 0 radical (unpaired) electrons. The molecule has 8 nitrogen and oxygen atoms in total. The number of benzene rings is 1. The molecule has 0 fully saturated rings. The Bertz CT molecular complexity index is 609. The van der Waals surface area contributed by atoms with Crippen LogP contribution in [0.1, 0.15) is 0 Å². The van der Waals surface area contributed by atoms with Crippen molar-refractivity contribution in [2.75, 3.05) is 46.2 Å². The third-order valence-corrected chi connectivity index (χ3v) is 3.32. The van der Waals surface area contributed by atoms with Gasteiger partial charge in [-0.15, -0.1) is 0 Å². The number of likely N-dealkylation sites (N-methyl/N-ethyl adjacent to an activating group) is 2. The summed E-state index contributed by atoms with van der Waals surface area (Å²) in [5.74, 6) is -0.463. The standard InChI is InChI=1S/C15H21ClN4O4/c1-17-13(21)7-18-8-15(23)20(2)9-14(22)19-11-6-10(16)4-5-12(11)24-3/h4-6,18H,7-9H2,1-3H3,(H,17,21)(H,19,22). The fraction of sp³-hybridized carbons (Fsp3) is 0.400. The number of carbonyl (C=O) groups excluding carboxylic acids is 3. The highest BCUT2D eigenvalue weighted by Gasteiger charge is 2.14. The van der Waals surface area contributed by atoms with E-state index >= 15 is 0 Å². The van der Waals surface area contributed by atoms with Gasteiger partial charge in [0.15, 0.2) is 0 Å². The molecule has 0 atom stereocenters. The SMILES string of the molecule is CNC(=O)CNCC(=O)N(C)CC(=O)Nc1cc(Cl)ccc1OC. The van der Waals surface area contributed by atoms with Crippen LogP contribution in [0.5, 0.6) is 5.75 Å². The maximum absolute atomic E-state index is 12.0. The van der Waals surface area contributed by atoms with Crippen LogP contribution in [0.3, 0.4) is 0 Å². The van der Waals surface area contributed by atoms with Crippen molar-refractivity contribution in [3.8, 4) is 5.75 Å². The van der Waals surface area contributed by atoms with E-state index in [0.717, 1.165) is 0 Å². The Kier molecular flexibility index (Phi) is 8.00. The summed E-state index contributed by atoms with van der Waals surface area (Å²) in [5.41, 5.74) is 0.425. The van der Waals surface area contributed by atoms with Gasteiger partial charge in [0.1, 0.15) is 5.75 Å². The van der Waals surface area contributed by atoms with Crippen LogP contribution in [0.25, 0.3) is 0 Å². The van der Waals surface area contributed by atoms with Gasteiger partial charge in [0.05, 0.1) is 32.4 Å². The topological polar surface area (TPSA) is 99.8 Å². The lowest BCUT2D eigenvalue weighted by Gasteiger charge is -2.18. The Balaban J connectivity index is 2.50. The molecule has 0 unspecified atom stereocenters. The summed E-state index contributed by atoms with van der Waals surface area (Å²) in [6.07, 6.45) is 0. The summed E-state index contributed by atoms with van der Waals surface area (Å²) in [4.78, 5) is 36.2. The van der Waals surface area contributed by atoms with Gasteiger partial charge >= 0.3 is 0 Å². The van der Waals surface area contributed by atoms with E-state index in [1.54, 1.807) is 18.2 Å². The molecular weight excluding hydrogens is 336 g/mol. The normalized spacial score (nSPS) is 10.0. The van der Waals surface area contributed by atoms with Crippen LogP contribution < -0.4 is 20.7 Å². The van der Waals surface area contributed by atoms with Crippen molar-refractivity contribution in [3.63, 3.8) is 0 Å². The van der Waals surface area contributed by atoms with Crippen LogP contribution in [0, 0.1) is 0 Å². The number of ether oxygens (including phenoxy) is 1. The van der Waals surface area contributed by atoms with Crippen molar-refractivity contribution in [2.45, 2.75) is 0 Å². The van der Waals surface area contributed by atoms with Gasteiger partial charge in [-0.1, -0.05) is 11.6 Å². The van der Waals surface area contributed by atoms with E-state index in [9.17, 15) is 14.4 Å². The molecule has 9 heteroatoms. The molecule has 0 heterocycles. The number of hydrogen-bond acceptors (Lipinski definition) is 5. The van der Waals surface area contributed by atoms with E-state index in [-0.39, 0.29) is 31.4 Å². The Hall–Kier alpha value is -2.32. The van der Waals surface area contributed by atoms with Crippen molar-refractivity contribution >= 4 is 35.0 Å². The summed E-state index contributed by atoms with van der Waals surface area (Å²) < 4.78 is 5.14. The quantitative estimate of drug-likeness (QED) is 0.612. The van der Waals surface area contributed by atoms with Crippen LogP contribution in [0.2, 0.25) is 5.02 Å². The van der Waals surface area contributed by atoms with Crippen LogP contribution in [-0.2, 0) is 14.4 Å². The summed E-state index contributed by atoms with van der Waals surface area (Å²) >= 11 is 5.90. The number of nitrogens with one attached hydrogen (secondary N) is 3. The number of carbonyl (C=O) groups is 3. The number of nitrogens with zero attached hydrogens (tertiary/aromatic N) is 1. The number of rotatable bonds is 8. The lowest BCUT2D eigenvalue weighted by atomic mass is 10.3. The maximum atomic E-state index is 12.0. The smallest absolute Gasteiger partial charge is 0.244 e. The van der Waals surface area contributed by atoms with Crippen molar-refractivity contribution in [2.24, 2.45) is 0 Å². The third kappa shape index (κ3) is 6.43. The molecule has 0 bridgehead atoms. The second kappa shape index (κ2) is 9.74. The second-order valence-electron chi connectivity index (χ2n) is 4.92. The summed E-state index contributed by atoms with van der Waals surface area (Å²) in [6.45, 7) is -0.157. The van der Waals surface area contributed by atoms with E-state index < -0.39 is 5.91 Å². The molecular formula is C15H21ClN4O4. The number of amides is 3. The van der Waals surface area contributed by atoms with Crippen molar-refractivity contribution in [1.82, 2.24) is 15.5 Å². The Morgan fingerprint density at radius 1 is 1.21 bits per heavy atom. The van der Waals surface area contributed by atoms with E-state index in [1.807, 2.05) is 0 Å². The van der Waals surface area contributed by atoms with Crippen molar-refractivity contribution < 1.29 is 19.1 Å². The highest BCUT2D eigenvalue weighted by Crippen LogP contribution is 2.27. The van der Waals surface area contributed by atoms with Gasteiger partial charge < -0.3 is 20.3 Å². The Labute approximate surface area is 145 Å². The highest BCUT2D eigenvalue weighted by atomic mass is 35.5. The van der Waals surface area contributed by atoms with Gasteiger partial charge in [-0.25, -0.2) is 0 Å².